The molecule has 1 unspecified atom stereocenters. The average molecular weight is 191 g/mol. The zero-order valence-corrected chi connectivity index (χ0v) is 7.64. The molecule has 0 saturated carbocycles. The highest BCUT2D eigenvalue weighted by molar-refractivity contribution is 7.94. The van der Waals surface area contributed by atoms with Gasteiger partial charge in [-0.05, 0) is 12.8 Å². The van der Waals surface area contributed by atoms with E-state index in [9.17, 15) is 8.42 Å². The van der Waals surface area contributed by atoms with Crippen LogP contribution >= 0.6 is 0 Å². The molecule has 0 bridgehead atoms. The lowest BCUT2D eigenvalue weighted by molar-refractivity contribution is 0.0640. The first-order valence-electron chi connectivity index (χ1n) is 4.14. The van der Waals surface area contributed by atoms with Crippen LogP contribution in [0.1, 0.15) is 12.8 Å². The fourth-order valence-electron chi connectivity index (χ4n) is 2.08. The molecular formula is C7H13NO3S. The molecule has 5 heteroatoms. The highest BCUT2D eigenvalue weighted by atomic mass is 32.2. The summed E-state index contributed by atoms with van der Waals surface area (Å²) in [6, 6.07) is -0.161. The van der Waals surface area contributed by atoms with Crippen molar-refractivity contribution < 1.29 is 13.2 Å². The molecule has 2 rings (SSSR count). The Morgan fingerprint density at radius 1 is 1.33 bits per heavy atom. The summed E-state index contributed by atoms with van der Waals surface area (Å²) in [4.78, 5) is 0. The standard InChI is InChI=1S/C7H13NO3S/c8-6-5-12(9,10)7(6)1-3-11-4-2-7/h6H,1-5,8H2. The molecule has 0 aliphatic carbocycles. The van der Waals surface area contributed by atoms with Crippen molar-refractivity contribution in [1.82, 2.24) is 0 Å². The molecule has 1 atom stereocenters. The molecule has 12 heavy (non-hydrogen) atoms. The predicted molar refractivity (Wildman–Crippen MR) is 44.5 cm³/mol. The summed E-state index contributed by atoms with van der Waals surface area (Å²) in [5.74, 6) is 0.160. The van der Waals surface area contributed by atoms with Crippen LogP contribution in [0.2, 0.25) is 0 Å². The Hall–Kier alpha value is -0.130. The van der Waals surface area contributed by atoms with Crippen molar-refractivity contribution in [3.05, 3.63) is 0 Å². The maximum atomic E-state index is 11.5. The van der Waals surface area contributed by atoms with Crippen molar-refractivity contribution in [1.29, 1.82) is 0 Å². The van der Waals surface area contributed by atoms with Crippen molar-refractivity contribution in [2.75, 3.05) is 19.0 Å². The molecule has 2 heterocycles. The summed E-state index contributed by atoms with van der Waals surface area (Å²) >= 11 is 0. The molecule has 0 radical (unpaired) electrons. The second kappa shape index (κ2) is 2.43. The summed E-state index contributed by atoms with van der Waals surface area (Å²) in [5.41, 5.74) is 5.73. The van der Waals surface area contributed by atoms with Crippen LogP contribution in [-0.2, 0) is 14.6 Å². The highest BCUT2D eigenvalue weighted by Crippen LogP contribution is 2.41. The van der Waals surface area contributed by atoms with Crippen molar-refractivity contribution in [2.45, 2.75) is 23.6 Å². The van der Waals surface area contributed by atoms with Gasteiger partial charge in [-0.1, -0.05) is 0 Å². The number of ether oxygens (including phenoxy) is 1. The average Bonchev–Trinajstić information content (AvgIpc) is 2.05. The minimum Gasteiger partial charge on any atom is -0.381 e. The molecule has 0 aromatic heterocycles. The van der Waals surface area contributed by atoms with Gasteiger partial charge in [0.2, 0.25) is 0 Å². The monoisotopic (exact) mass is 191 g/mol. The van der Waals surface area contributed by atoms with Gasteiger partial charge in [0.15, 0.2) is 9.84 Å². The van der Waals surface area contributed by atoms with Crippen LogP contribution in [0.4, 0.5) is 0 Å². The van der Waals surface area contributed by atoms with Gasteiger partial charge in [0.1, 0.15) is 0 Å². The van der Waals surface area contributed by atoms with Gasteiger partial charge in [-0.25, -0.2) is 8.42 Å². The SMILES string of the molecule is NC1CS(=O)(=O)C12CCOCC2. The maximum Gasteiger partial charge on any atom is 0.159 e. The van der Waals surface area contributed by atoms with Gasteiger partial charge < -0.3 is 10.5 Å². The first kappa shape index (κ1) is 8.47. The zero-order valence-electron chi connectivity index (χ0n) is 6.82. The second-order valence-electron chi connectivity index (χ2n) is 3.57. The fraction of sp³-hybridized carbons (Fsp3) is 1.00. The molecule has 0 aromatic carbocycles. The van der Waals surface area contributed by atoms with Crippen LogP contribution in [0.5, 0.6) is 0 Å². The number of nitrogens with two attached hydrogens (primary N) is 1. The molecule has 2 N–H and O–H groups in total. The maximum absolute atomic E-state index is 11.5. The summed E-state index contributed by atoms with van der Waals surface area (Å²) in [6.45, 7) is 1.07. The Kier molecular flexibility index (Phi) is 1.72. The quantitative estimate of drug-likeness (QED) is 0.549. The summed E-state index contributed by atoms with van der Waals surface area (Å²) in [5, 5.41) is 0. The molecule has 2 fully saturated rings. The van der Waals surface area contributed by atoms with E-state index in [-0.39, 0.29) is 11.8 Å². The topological polar surface area (TPSA) is 69.4 Å². The van der Waals surface area contributed by atoms with Gasteiger partial charge in [-0.3, -0.25) is 0 Å². The Morgan fingerprint density at radius 3 is 2.25 bits per heavy atom. The smallest absolute Gasteiger partial charge is 0.159 e. The van der Waals surface area contributed by atoms with Gasteiger partial charge in [0.05, 0.1) is 10.5 Å². The van der Waals surface area contributed by atoms with Crippen LogP contribution in [0.25, 0.3) is 0 Å². The molecule has 1 spiro atoms. The Morgan fingerprint density at radius 2 is 1.92 bits per heavy atom. The van der Waals surface area contributed by atoms with Crippen LogP contribution < -0.4 is 5.73 Å². The van der Waals surface area contributed by atoms with E-state index in [0.29, 0.717) is 26.1 Å². The van der Waals surface area contributed by atoms with Crippen molar-refractivity contribution in [3.63, 3.8) is 0 Å². The molecule has 70 valence electrons. The van der Waals surface area contributed by atoms with Gasteiger partial charge in [-0.15, -0.1) is 0 Å². The van der Waals surface area contributed by atoms with Gasteiger partial charge in [0.25, 0.3) is 0 Å². The molecule has 2 aliphatic rings. The van der Waals surface area contributed by atoms with Crippen LogP contribution in [0, 0.1) is 0 Å². The number of rotatable bonds is 0. The van der Waals surface area contributed by atoms with E-state index in [1.54, 1.807) is 0 Å². The molecule has 4 nitrogen and oxygen atoms in total. The predicted octanol–water partition coefficient (Wildman–Crippen LogP) is -0.709. The lowest BCUT2D eigenvalue weighted by Gasteiger charge is -2.48. The lowest BCUT2D eigenvalue weighted by atomic mass is 9.91. The van der Waals surface area contributed by atoms with Crippen molar-refractivity contribution in [2.24, 2.45) is 5.73 Å². The minimum absolute atomic E-state index is 0.160. The molecule has 0 aromatic rings. The minimum atomic E-state index is -2.90. The van der Waals surface area contributed by atoms with E-state index in [2.05, 4.69) is 0 Å². The largest absolute Gasteiger partial charge is 0.381 e. The van der Waals surface area contributed by atoms with Crippen LogP contribution in [0.15, 0.2) is 0 Å². The first-order chi connectivity index (χ1) is 5.58. The van der Waals surface area contributed by atoms with Crippen LogP contribution in [-0.4, -0.2) is 38.2 Å². The van der Waals surface area contributed by atoms with Gasteiger partial charge >= 0.3 is 0 Å². The highest BCUT2D eigenvalue weighted by Gasteiger charge is 2.58. The Labute approximate surface area is 72.0 Å². The van der Waals surface area contributed by atoms with E-state index in [0.717, 1.165) is 0 Å². The molecule has 2 aliphatic heterocycles. The molecule has 2 saturated heterocycles. The summed E-state index contributed by atoms with van der Waals surface area (Å²) in [7, 11) is -2.90. The summed E-state index contributed by atoms with van der Waals surface area (Å²) in [6.07, 6.45) is 1.16. The van der Waals surface area contributed by atoms with E-state index in [1.807, 2.05) is 0 Å². The Bertz CT molecular complexity index is 279. The molecule has 0 amide bonds. The van der Waals surface area contributed by atoms with Crippen molar-refractivity contribution in [3.8, 4) is 0 Å². The number of hydrogen-bond acceptors (Lipinski definition) is 4. The first-order valence-corrected chi connectivity index (χ1v) is 5.79. The third-order valence-electron chi connectivity index (χ3n) is 3.03. The van der Waals surface area contributed by atoms with E-state index < -0.39 is 14.6 Å². The number of sulfone groups is 1. The zero-order chi connectivity index (χ0) is 8.82. The van der Waals surface area contributed by atoms with Gasteiger partial charge in [-0.2, -0.15) is 0 Å². The van der Waals surface area contributed by atoms with Gasteiger partial charge in [0, 0.05) is 19.3 Å². The van der Waals surface area contributed by atoms with Crippen LogP contribution in [0.3, 0.4) is 0 Å². The molecular weight excluding hydrogens is 178 g/mol. The third-order valence-corrected chi connectivity index (χ3v) is 5.78. The Balaban J connectivity index is 2.28. The lowest BCUT2D eigenvalue weighted by Crippen LogP contribution is -2.69. The van der Waals surface area contributed by atoms with E-state index in [4.69, 9.17) is 10.5 Å². The fourth-order valence-corrected chi connectivity index (χ4v) is 4.24. The second-order valence-corrected chi connectivity index (χ2v) is 5.94. The normalized spacial score (nSPS) is 37.6. The van der Waals surface area contributed by atoms with Crippen molar-refractivity contribution >= 4 is 9.84 Å². The number of hydrogen-bond donors (Lipinski definition) is 1. The summed E-state index contributed by atoms with van der Waals surface area (Å²) < 4.78 is 27.4. The van der Waals surface area contributed by atoms with E-state index >= 15 is 0 Å². The third kappa shape index (κ3) is 0.870. The van der Waals surface area contributed by atoms with E-state index in [1.165, 1.54) is 0 Å².